The molecule has 0 bridgehead atoms. The highest BCUT2D eigenvalue weighted by molar-refractivity contribution is 7.97. The van der Waals surface area contributed by atoms with Crippen LogP contribution < -0.4 is 5.14 Å². The molecule has 1 aromatic heterocycles. The van der Waals surface area contributed by atoms with Crippen molar-refractivity contribution in [1.82, 2.24) is 19.6 Å². The lowest BCUT2D eigenvalue weighted by molar-refractivity contribution is 0.597. The summed E-state index contributed by atoms with van der Waals surface area (Å²) in [6, 6.07) is 6.13. The smallest absolute Gasteiger partial charge is 0.225 e. The fraction of sp³-hybridized carbons (Fsp3) is 0. The van der Waals surface area contributed by atoms with E-state index >= 15 is 0 Å². The van der Waals surface area contributed by atoms with Gasteiger partial charge in [0.05, 0.1) is 4.90 Å². The van der Waals surface area contributed by atoms with Crippen LogP contribution in [0.25, 0.3) is 0 Å². The number of primary sulfonamides is 1. The van der Waals surface area contributed by atoms with Gasteiger partial charge in [0, 0.05) is 16.8 Å². The molecule has 0 saturated carbocycles. The maximum absolute atomic E-state index is 11.0. The summed E-state index contributed by atoms with van der Waals surface area (Å²) in [6.07, 6.45) is 1.44. The van der Waals surface area contributed by atoms with Crippen molar-refractivity contribution < 1.29 is 8.42 Å². The first-order chi connectivity index (χ1) is 7.55. The van der Waals surface area contributed by atoms with E-state index in [0.29, 0.717) is 0 Å². The van der Waals surface area contributed by atoms with Gasteiger partial charge in [0.1, 0.15) is 0 Å². The molecule has 1 heterocycles. The summed E-state index contributed by atoms with van der Waals surface area (Å²) >= 11 is 1.26. The van der Waals surface area contributed by atoms with E-state index in [-0.39, 0.29) is 4.90 Å². The van der Waals surface area contributed by atoms with E-state index in [9.17, 15) is 8.42 Å². The minimum absolute atomic E-state index is 0.0774. The fourth-order valence-corrected chi connectivity index (χ4v) is 2.14. The van der Waals surface area contributed by atoms with Crippen LogP contribution in [0.5, 0.6) is 0 Å². The van der Waals surface area contributed by atoms with Gasteiger partial charge >= 0.3 is 0 Å². The Kier molecular flexibility index (Phi) is 2.90. The van der Waals surface area contributed by atoms with Crippen LogP contribution in [0.3, 0.4) is 0 Å². The van der Waals surface area contributed by atoms with Gasteiger partial charge in [-0.05, 0) is 34.7 Å². The van der Waals surface area contributed by atoms with Crippen LogP contribution in [0.2, 0.25) is 0 Å². The number of rotatable bonds is 3. The predicted molar refractivity (Wildman–Crippen MR) is 56.9 cm³/mol. The molecular formula is C7H7N5O2S2. The SMILES string of the molecule is NS(=O)(=O)c1ccc(Sn2cnnn2)cc1. The third-order valence-electron chi connectivity index (χ3n) is 1.68. The van der Waals surface area contributed by atoms with Gasteiger partial charge in [-0.3, -0.25) is 0 Å². The molecule has 0 saturated heterocycles. The van der Waals surface area contributed by atoms with Crippen molar-refractivity contribution >= 4 is 22.0 Å². The van der Waals surface area contributed by atoms with Crippen molar-refractivity contribution in [3.63, 3.8) is 0 Å². The van der Waals surface area contributed by atoms with Crippen molar-refractivity contribution in [2.45, 2.75) is 9.79 Å². The topological polar surface area (TPSA) is 104 Å². The highest BCUT2D eigenvalue weighted by atomic mass is 32.2. The van der Waals surface area contributed by atoms with Crippen LogP contribution in [0, 0.1) is 0 Å². The summed E-state index contributed by atoms with van der Waals surface area (Å²) in [5, 5.41) is 15.6. The van der Waals surface area contributed by atoms with Gasteiger partial charge in [-0.15, -0.1) is 5.10 Å². The second-order valence-corrected chi connectivity index (χ2v) is 5.41. The summed E-state index contributed by atoms with van der Waals surface area (Å²) in [4.78, 5) is 0.883. The van der Waals surface area contributed by atoms with E-state index in [1.54, 1.807) is 12.1 Å². The first-order valence-electron chi connectivity index (χ1n) is 4.10. The first kappa shape index (κ1) is 11.0. The average Bonchev–Trinajstić information content (AvgIpc) is 2.70. The Labute approximate surface area is 95.8 Å². The highest BCUT2D eigenvalue weighted by Crippen LogP contribution is 2.19. The molecule has 0 aliphatic heterocycles. The molecule has 0 fully saturated rings. The Morgan fingerprint density at radius 3 is 2.44 bits per heavy atom. The molecule has 16 heavy (non-hydrogen) atoms. The number of benzene rings is 1. The van der Waals surface area contributed by atoms with E-state index in [1.165, 1.54) is 34.5 Å². The fourth-order valence-electron chi connectivity index (χ4n) is 0.993. The third kappa shape index (κ3) is 2.56. The number of hydrogen-bond acceptors (Lipinski definition) is 6. The normalized spacial score (nSPS) is 11.6. The Morgan fingerprint density at radius 2 is 1.94 bits per heavy atom. The Hall–Kier alpha value is -1.45. The minimum atomic E-state index is -3.64. The lowest BCUT2D eigenvalue weighted by atomic mass is 10.4. The highest BCUT2D eigenvalue weighted by Gasteiger charge is 2.07. The zero-order chi connectivity index (χ0) is 11.6. The van der Waals surface area contributed by atoms with E-state index in [4.69, 9.17) is 5.14 Å². The van der Waals surface area contributed by atoms with Gasteiger partial charge in [0.15, 0.2) is 6.33 Å². The maximum Gasteiger partial charge on any atom is 0.238 e. The summed E-state index contributed by atoms with van der Waals surface area (Å²) in [7, 11) is -3.64. The van der Waals surface area contributed by atoms with Gasteiger partial charge < -0.3 is 0 Å². The van der Waals surface area contributed by atoms with E-state index in [1.807, 2.05) is 0 Å². The number of nitrogens with two attached hydrogens (primary N) is 1. The molecule has 9 heteroatoms. The molecular weight excluding hydrogens is 250 g/mol. The summed E-state index contributed by atoms with van der Waals surface area (Å²) in [5.74, 6) is 0. The average molecular weight is 257 g/mol. The van der Waals surface area contributed by atoms with E-state index in [2.05, 4.69) is 15.5 Å². The van der Waals surface area contributed by atoms with Crippen molar-refractivity contribution in [1.29, 1.82) is 0 Å². The van der Waals surface area contributed by atoms with Crippen molar-refractivity contribution in [2.24, 2.45) is 5.14 Å². The van der Waals surface area contributed by atoms with Gasteiger partial charge in [-0.2, -0.15) is 4.09 Å². The molecule has 2 N–H and O–H groups in total. The summed E-state index contributed by atoms with van der Waals surface area (Å²) in [6.45, 7) is 0. The molecule has 2 rings (SSSR count). The number of nitrogens with zero attached hydrogens (tertiary/aromatic N) is 4. The molecule has 7 nitrogen and oxygen atoms in total. The number of hydrogen-bond donors (Lipinski definition) is 1. The predicted octanol–water partition coefficient (Wildman–Crippen LogP) is -0.124. The standard InChI is InChI=1S/C7H7N5O2S2/c8-16(13,14)7-3-1-6(2-4-7)15-12-5-9-10-11-12/h1-5H,(H2,8,13,14). The minimum Gasteiger partial charge on any atom is -0.225 e. The Morgan fingerprint density at radius 1 is 1.25 bits per heavy atom. The molecule has 0 atom stereocenters. The second-order valence-electron chi connectivity index (χ2n) is 2.82. The van der Waals surface area contributed by atoms with Gasteiger partial charge in [0.25, 0.3) is 0 Å². The number of sulfonamides is 1. The zero-order valence-electron chi connectivity index (χ0n) is 7.89. The van der Waals surface area contributed by atoms with Crippen LogP contribution in [-0.2, 0) is 10.0 Å². The largest absolute Gasteiger partial charge is 0.238 e. The van der Waals surface area contributed by atoms with Crippen LogP contribution in [0.4, 0.5) is 0 Å². The van der Waals surface area contributed by atoms with Gasteiger partial charge in [-0.25, -0.2) is 13.6 Å². The van der Waals surface area contributed by atoms with Crippen molar-refractivity contribution in [3.05, 3.63) is 30.6 Å². The molecule has 0 spiro atoms. The monoisotopic (exact) mass is 257 g/mol. The molecule has 1 aromatic carbocycles. The molecule has 0 amide bonds. The van der Waals surface area contributed by atoms with Crippen LogP contribution >= 0.6 is 11.9 Å². The number of aromatic nitrogens is 4. The molecule has 0 unspecified atom stereocenters. The third-order valence-corrected chi connectivity index (χ3v) is 3.45. The second kappa shape index (κ2) is 4.20. The molecule has 0 aliphatic carbocycles. The Bertz CT molecular complexity index is 563. The van der Waals surface area contributed by atoms with Gasteiger partial charge in [-0.1, -0.05) is 0 Å². The summed E-state index contributed by atoms with van der Waals surface area (Å²) < 4.78 is 23.4. The van der Waals surface area contributed by atoms with Crippen molar-refractivity contribution in [3.8, 4) is 0 Å². The molecule has 0 aliphatic rings. The lowest BCUT2D eigenvalue weighted by Gasteiger charge is -2.00. The van der Waals surface area contributed by atoms with E-state index < -0.39 is 10.0 Å². The van der Waals surface area contributed by atoms with Crippen LogP contribution in [0.15, 0.2) is 40.4 Å². The Balaban J connectivity index is 2.20. The number of tetrazole rings is 1. The van der Waals surface area contributed by atoms with Crippen LogP contribution in [-0.4, -0.2) is 28.0 Å². The van der Waals surface area contributed by atoms with E-state index in [0.717, 1.165) is 4.90 Å². The maximum atomic E-state index is 11.0. The molecule has 84 valence electrons. The zero-order valence-corrected chi connectivity index (χ0v) is 9.52. The van der Waals surface area contributed by atoms with Gasteiger partial charge in [0.2, 0.25) is 10.0 Å². The first-order valence-corrected chi connectivity index (χ1v) is 6.42. The quantitative estimate of drug-likeness (QED) is 0.821. The molecule has 0 radical (unpaired) electrons. The molecule has 2 aromatic rings. The lowest BCUT2D eigenvalue weighted by Crippen LogP contribution is -2.11. The van der Waals surface area contributed by atoms with Crippen LogP contribution in [0.1, 0.15) is 0 Å². The summed E-state index contributed by atoms with van der Waals surface area (Å²) in [5.41, 5.74) is 0. The van der Waals surface area contributed by atoms with Crippen molar-refractivity contribution in [2.75, 3.05) is 0 Å².